The summed E-state index contributed by atoms with van der Waals surface area (Å²) < 4.78 is 5.82. The van der Waals surface area contributed by atoms with Crippen LogP contribution in [0.5, 0.6) is 0 Å². The summed E-state index contributed by atoms with van der Waals surface area (Å²) >= 11 is 0. The largest absolute Gasteiger partial charge is 0.406 e. The predicted octanol–water partition coefficient (Wildman–Crippen LogP) is 3.15. The summed E-state index contributed by atoms with van der Waals surface area (Å²) in [6.45, 7) is 11.9. The molecule has 2 heterocycles. The minimum absolute atomic E-state index is 0.127. The van der Waals surface area contributed by atoms with E-state index in [0.717, 1.165) is 26.1 Å². The SMILES string of the molecule is CCCNC(C)c1nnc(N2CCC(C)(CC)CC2)o1. The van der Waals surface area contributed by atoms with Crippen molar-refractivity contribution in [2.24, 2.45) is 5.41 Å². The van der Waals surface area contributed by atoms with Crippen LogP contribution in [-0.4, -0.2) is 29.8 Å². The van der Waals surface area contributed by atoms with Crippen LogP contribution < -0.4 is 10.2 Å². The highest BCUT2D eigenvalue weighted by molar-refractivity contribution is 5.25. The molecular formula is C15H28N4O. The van der Waals surface area contributed by atoms with Crippen LogP contribution in [0.3, 0.4) is 0 Å². The zero-order chi connectivity index (χ0) is 14.6. The van der Waals surface area contributed by atoms with Gasteiger partial charge in [0.2, 0.25) is 5.89 Å². The number of nitrogens with one attached hydrogen (secondary N) is 1. The van der Waals surface area contributed by atoms with Crippen LogP contribution in [0, 0.1) is 5.41 Å². The van der Waals surface area contributed by atoms with Crippen LogP contribution in [0.15, 0.2) is 4.42 Å². The zero-order valence-corrected chi connectivity index (χ0v) is 13.3. The lowest BCUT2D eigenvalue weighted by Crippen LogP contribution is -2.38. The molecule has 0 amide bonds. The van der Waals surface area contributed by atoms with Gasteiger partial charge in [0.05, 0.1) is 6.04 Å². The van der Waals surface area contributed by atoms with Crippen LogP contribution in [0.25, 0.3) is 0 Å². The number of aromatic nitrogens is 2. The van der Waals surface area contributed by atoms with E-state index in [1.807, 2.05) is 0 Å². The van der Waals surface area contributed by atoms with Crippen molar-refractivity contribution in [3.63, 3.8) is 0 Å². The summed E-state index contributed by atoms with van der Waals surface area (Å²) in [4.78, 5) is 2.22. The summed E-state index contributed by atoms with van der Waals surface area (Å²) in [5.41, 5.74) is 0.481. The number of nitrogens with zero attached hydrogens (tertiary/aromatic N) is 3. The van der Waals surface area contributed by atoms with E-state index in [4.69, 9.17) is 4.42 Å². The van der Waals surface area contributed by atoms with Crippen LogP contribution >= 0.6 is 0 Å². The third-order valence-electron chi connectivity index (χ3n) is 4.60. The molecular weight excluding hydrogens is 252 g/mol. The Morgan fingerprint density at radius 2 is 2.00 bits per heavy atom. The monoisotopic (exact) mass is 280 g/mol. The molecule has 1 aliphatic heterocycles. The van der Waals surface area contributed by atoms with Crippen molar-refractivity contribution in [3.05, 3.63) is 5.89 Å². The summed E-state index contributed by atoms with van der Waals surface area (Å²) in [5, 5.41) is 11.8. The van der Waals surface area contributed by atoms with Crippen molar-refractivity contribution in [1.82, 2.24) is 15.5 Å². The number of piperidine rings is 1. The van der Waals surface area contributed by atoms with Crippen molar-refractivity contribution >= 4 is 6.01 Å². The van der Waals surface area contributed by atoms with Gasteiger partial charge in [-0.1, -0.05) is 32.3 Å². The van der Waals surface area contributed by atoms with Crippen LogP contribution in [0.4, 0.5) is 6.01 Å². The lowest BCUT2D eigenvalue weighted by Gasteiger charge is -2.37. The molecule has 0 bridgehead atoms. The van der Waals surface area contributed by atoms with Gasteiger partial charge >= 0.3 is 6.01 Å². The fraction of sp³-hybridized carbons (Fsp3) is 0.867. The van der Waals surface area contributed by atoms with E-state index in [1.54, 1.807) is 0 Å². The van der Waals surface area contributed by atoms with Gasteiger partial charge in [-0.15, -0.1) is 5.10 Å². The molecule has 0 saturated carbocycles. The molecule has 1 saturated heterocycles. The van der Waals surface area contributed by atoms with Crippen LogP contribution in [0.1, 0.15) is 65.3 Å². The van der Waals surface area contributed by atoms with Crippen molar-refractivity contribution in [2.75, 3.05) is 24.5 Å². The molecule has 0 spiro atoms. The van der Waals surface area contributed by atoms with E-state index in [0.29, 0.717) is 17.3 Å². The van der Waals surface area contributed by atoms with E-state index in [2.05, 4.69) is 48.1 Å². The predicted molar refractivity (Wildman–Crippen MR) is 80.9 cm³/mol. The quantitative estimate of drug-likeness (QED) is 0.867. The molecule has 114 valence electrons. The van der Waals surface area contributed by atoms with Gasteiger partial charge < -0.3 is 14.6 Å². The molecule has 1 aromatic rings. The minimum Gasteiger partial charge on any atom is -0.406 e. The van der Waals surface area contributed by atoms with Crippen molar-refractivity contribution in [1.29, 1.82) is 0 Å². The first-order valence-corrected chi connectivity index (χ1v) is 7.89. The normalized spacial score (nSPS) is 20.1. The van der Waals surface area contributed by atoms with Gasteiger partial charge in [-0.2, -0.15) is 0 Å². The summed E-state index contributed by atoms with van der Waals surface area (Å²) in [5.74, 6) is 0.692. The maximum Gasteiger partial charge on any atom is 0.318 e. The molecule has 5 nitrogen and oxygen atoms in total. The molecule has 1 N–H and O–H groups in total. The fourth-order valence-electron chi connectivity index (χ4n) is 2.57. The standard InChI is InChI=1S/C15H28N4O/c1-5-9-16-12(3)13-17-18-14(20-13)19-10-7-15(4,6-2)8-11-19/h12,16H,5-11H2,1-4H3. The van der Waals surface area contributed by atoms with E-state index in [1.165, 1.54) is 19.3 Å². The van der Waals surface area contributed by atoms with Gasteiger partial charge in [0.1, 0.15) is 0 Å². The smallest absolute Gasteiger partial charge is 0.318 e. The Morgan fingerprint density at radius 1 is 1.30 bits per heavy atom. The first kappa shape index (κ1) is 15.3. The van der Waals surface area contributed by atoms with Crippen molar-refractivity contribution in [3.8, 4) is 0 Å². The molecule has 0 radical (unpaired) electrons. The van der Waals surface area contributed by atoms with Gasteiger partial charge in [0, 0.05) is 13.1 Å². The minimum atomic E-state index is 0.127. The van der Waals surface area contributed by atoms with Gasteiger partial charge in [-0.3, -0.25) is 0 Å². The number of hydrogen-bond donors (Lipinski definition) is 1. The highest BCUT2D eigenvalue weighted by Gasteiger charge is 2.30. The Balaban J connectivity index is 1.93. The fourth-order valence-corrected chi connectivity index (χ4v) is 2.57. The highest BCUT2D eigenvalue weighted by Crippen LogP contribution is 2.35. The third kappa shape index (κ3) is 3.51. The molecule has 1 aromatic heterocycles. The second kappa shape index (κ2) is 6.57. The molecule has 2 rings (SSSR count). The molecule has 1 unspecified atom stereocenters. The van der Waals surface area contributed by atoms with E-state index in [-0.39, 0.29) is 6.04 Å². The number of anilines is 1. The number of rotatable bonds is 6. The third-order valence-corrected chi connectivity index (χ3v) is 4.60. The molecule has 0 aliphatic carbocycles. The maximum absolute atomic E-state index is 5.82. The van der Waals surface area contributed by atoms with E-state index in [9.17, 15) is 0 Å². The summed E-state index contributed by atoms with van der Waals surface area (Å²) in [6.07, 6.45) is 4.75. The Hall–Kier alpha value is -1.10. The van der Waals surface area contributed by atoms with Gasteiger partial charge in [0.25, 0.3) is 0 Å². The number of hydrogen-bond acceptors (Lipinski definition) is 5. The van der Waals surface area contributed by atoms with Crippen molar-refractivity contribution < 1.29 is 4.42 Å². The highest BCUT2D eigenvalue weighted by atomic mass is 16.4. The van der Waals surface area contributed by atoms with E-state index < -0.39 is 0 Å². The molecule has 20 heavy (non-hydrogen) atoms. The van der Waals surface area contributed by atoms with Crippen LogP contribution in [0.2, 0.25) is 0 Å². The second-order valence-corrected chi connectivity index (χ2v) is 6.25. The average molecular weight is 280 g/mol. The first-order chi connectivity index (χ1) is 9.58. The Labute approximate surface area is 122 Å². The summed E-state index contributed by atoms with van der Waals surface area (Å²) in [7, 11) is 0. The average Bonchev–Trinajstić information content (AvgIpc) is 2.95. The van der Waals surface area contributed by atoms with Crippen LogP contribution in [-0.2, 0) is 0 Å². The van der Waals surface area contributed by atoms with E-state index >= 15 is 0 Å². The Kier molecular flexibility index (Phi) is 5.02. The zero-order valence-electron chi connectivity index (χ0n) is 13.3. The maximum atomic E-state index is 5.82. The molecule has 1 fully saturated rings. The van der Waals surface area contributed by atoms with Gasteiger partial charge in [-0.05, 0) is 38.1 Å². The Morgan fingerprint density at radius 3 is 2.60 bits per heavy atom. The first-order valence-electron chi connectivity index (χ1n) is 7.89. The molecule has 5 heteroatoms. The molecule has 1 aliphatic rings. The molecule has 0 aromatic carbocycles. The second-order valence-electron chi connectivity index (χ2n) is 6.25. The van der Waals surface area contributed by atoms with Gasteiger partial charge in [-0.25, -0.2) is 0 Å². The van der Waals surface area contributed by atoms with Crippen molar-refractivity contribution in [2.45, 2.75) is 59.4 Å². The molecule has 1 atom stereocenters. The topological polar surface area (TPSA) is 54.2 Å². The Bertz CT molecular complexity index is 410. The summed E-state index contributed by atoms with van der Waals surface area (Å²) in [6, 6.07) is 0.810. The lowest BCUT2D eigenvalue weighted by atomic mass is 9.78. The van der Waals surface area contributed by atoms with Gasteiger partial charge in [0.15, 0.2) is 0 Å². The lowest BCUT2D eigenvalue weighted by molar-refractivity contribution is 0.233.